The highest BCUT2D eigenvalue weighted by Crippen LogP contribution is 2.29. The summed E-state index contributed by atoms with van der Waals surface area (Å²) in [5.41, 5.74) is 3.78. The number of carbonyl (C=O) groups excluding carboxylic acids is 1. The van der Waals surface area contributed by atoms with Gasteiger partial charge in [0.05, 0.1) is 21.7 Å². The molecule has 8 heteroatoms. The van der Waals surface area contributed by atoms with E-state index >= 15 is 0 Å². The first kappa shape index (κ1) is 17.4. The highest BCUT2D eigenvalue weighted by Gasteiger charge is 2.17. The quantitative estimate of drug-likeness (QED) is 0.584. The number of fused-ring (bicyclic) bond motifs is 3. The summed E-state index contributed by atoms with van der Waals surface area (Å²) >= 11 is 6.35. The Hall–Kier alpha value is -3.06. The molecule has 0 atom stereocenters. The number of alkyl halides is 1. The highest BCUT2D eigenvalue weighted by molar-refractivity contribution is 6.33. The van der Waals surface area contributed by atoms with Crippen LogP contribution in [0.3, 0.4) is 0 Å². The Morgan fingerprint density at radius 1 is 1.22 bits per heavy atom. The van der Waals surface area contributed by atoms with Crippen LogP contribution in [0.5, 0.6) is 0 Å². The average molecular weight is 384 g/mol. The first-order chi connectivity index (χ1) is 13.1. The van der Waals surface area contributed by atoms with E-state index in [9.17, 15) is 9.18 Å². The van der Waals surface area contributed by atoms with Crippen molar-refractivity contribution < 1.29 is 9.18 Å². The van der Waals surface area contributed by atoms with Gasteiger partial charge in [-0.05, 0) is 37.3 Å². The number of benzene rings is 2. The lowest BCUT2D eigenvalue weighted by molar-refractivity contribution is 0.0951. The molecule has 4 rings (SSSR count). The van der Waals surface area contributed by atoms with Gasteiger partial charge in [0.1, 0.15) is 6.67 Å². The minimum Gasteiger partial charge on any atom is -0.349 e. The largest absolute Gasteiger partial charge is 0.349 e. The number of hydrogen-bond donors (Lipinski definition) is 1. The fourth-order valence-electron chi connectivity index (χ4n) is 3.00. The minimum absolute atomic E-state index is 0.0318. The van der Waals surface area contributed by atoms with Crippen molar-refractivity contribution in [1.82, 2.24) is 24.9 Å². The van der Waals surface area contributed by atoms with Gasteiger partial charge >= 0.3 is 0 Å². The van der Waals surface area contributed by atoms with Crippen molar-refractivity contribution in [3.63, 3.8) is 0 Å². The molecule has 4 aromatic rings. The third-order valence-electron chi connectivity index (χ3n) is 4.25. The van der Waals surface area contributed by atoms with Crippen molar-refractivity contribution in [1.29, 1.82) is 0 Å². The molecule has 0 saturated heterocycles. The summed E-state index contributed by atoms with van der Waals surface area (Å²) in [6.45, 7) is 1.20. The second-order valence-electron chi connectivity index (χ2n) is 6.01. The zero-order valence-electron chi connectivity index (χ0n) is 14.4. The van der Waals surface area contributed by atoms with Gasteiger partial charge in [-0.1, -0.05) is 23.7 Å². The van der Waals surface area contributed by atoms with Gasteiger partial charge in [0.15, 0.2) is 11.5 Å². The summed E-state index contributed by atoms with van der Waals surface area (Å²) in [5, 5.41) is 11.6. The van der Waals surface area contributed by atoms with E-state index in [0.717, 1.165) is 5.56 Å². The van der Waals surface area contributed by atoms with Crippen LogP contribution in [0.4, 0.5) is 4.39 Å². The second-order valence-corrected chi connectivity index (χ2v) is 6.42. The van der Waals surface area contributed by atoms with Crippen LogP contribution in [0.1, 0.15) is 16.1 Å². The summed E-state index contributed by atoms with van der Waals surface area (Å²) in [6, 6.07) is 12.5. The Kier molecular flexibility index (Phi) is 4.45. The SMILES string of the molecule is Cc1nc2ccc(C(=O)NCCF)cc2n2c(-c3ccccc3Cl)nnc12. The van der Waals surface area contributed by atoms with E-state index < -0.39 is 6.67 Å². The normalized spacial score (nSPS) is 11.2. The summed E-state index contributed by atoms with van der Waals surface area (Å²) < 4.78 is 14.2. The number of nitrogens with one attached hydrogen (secondary N) is 1. The molecule has 1 amide bonds. The van der Waals surface area contributed by atoms with Crippen molar-refractivity contribution in [2.75, 3.05) is 13.2 Å². The summed E-state index contributed by atoms with van der Waals surface area (Å²) in [4.78, 5) is 16.8. The van der Waals surface area contributed by atoms with Crippen molar-refractivity contribution in [2.24, 2.45) is 0 Å². The average Bonchev–Trinajstić information content (AvgIpc) is 3.12. The topological polar surface area (TPSA) is 72.2 Å². The number of rotatable bonds is 4. The lowest BCUT2D eigenvalue weighted by Crippen LogP contribution is -2.25. The van der Waals surface area contributed by atoms with Crippen LogP contribution in [-0.2, 0) is 0 Å². The predicted molar refractivity (Wildman–Crippen MR) is 102 cm³/mol. The van der Waals surface area contributed by atoms with Gasteiger partial charge in [0.2, 0.25) is 0 Å². The molecular formula is C19H15ClFN5O. The Morgan fingerprint density at radius 2 is 2.04 bits per heavy atom. The second kappa shape index (κ2) is 6.92. The van der Waals surface area contributed by atoms with Crippen molar-refractivity contribution in [2.45, 2.75) is 6.92 Å². The number of aryl methyl sites for hydroxylation is 1. The molecule has 0 saturated carbocycles. The van der Waals surface area contributed by atoms with Crippen molar-refractivity contribution in [3.8, 4) is 11.4 Å². The Morgan fingerprint density at radius 3 is 2.81 bits per heavy atom. The fourth-order valence-corrected chi connectivity index (χ4v) is 3.22. The molecule has 0 fully saturated rings. The van der Waals surface area contributed by atoms with Gasteiger partial charge in [0.25, 0.3) is 5.91 Å². The third-order valence-corrected chi connectivity index (χ3v) is 4.58. The Balaban J connectivity index is 1.99. The van der Waals surface area contributed by atoms with Gasteiger partial charge in [-0.15, -0.1) is 10.2 Å². The van der Waals surface area contributed by atoms with E-state index in [0.29, 0.717) is 38.8 Å². The van der Waals surface area contributed by atoms with Gasteiger partial charge in [0, 0.05) is 17.7 Å². The van der Waals surface area contributed by atoms with E-state index in [1.165, 1.54) is 0 Å². The number of hydrogen-bond acceptors (Lipinski definition) is 4. The lowest BCUT2D eigenvalue weighted by atomic mass is 10.1. The van der Waals surface area contributed by atoms with E-state index in [4.69, 9.17) is 11.6 Å². The number of nitrogens with zero attached hydrogens (tertiary/aromatic N) is 4. The monoisotopic (exact) mass is 383 g/mol. The molecule has 6 nitrogen and oxygen atoms in total. The van der Waals surface area contributed by atoms with Crippen LogP contribution in [0.2, 0.25) is 5.02 Å². The van der Waals surface area contributed by atoms with E-state index in [2.05, 4.69) is 20.5 Å². The molecule has 2 aromatic carbocycles. The van der Waals surface area contributed by atoms with Gasteiger partial charge in [-0.25, -0.2) is 9.37 Å². The molecule has 0 aliphatic heterocycles. The smallest absolute Gasteiger partial charge is 0.251 e. The third kappa shape index (κ3) is 3.00. The molecule has 136 valence electrons. The molecule has 0 aliphatic carbocycles. The molecule has 27 heavy (non-hydrogen) atoms. The first-order valence-electron chi connectivity index (χ1n) is 8.34. The first-order valence-corrected chi connectivity index (χ1v) is 8.72. The van der Waals surface area contributed by atoms with Crippen molar-refractivity contribution in [3.05, 3.63) is 58.7 Å². The zero-order chi connectivity index (χ0) is 19.0. The maximum Gasteiger partial charge on any atom is 0.251 e. The maximum absolute atomic E-state index is 12.4. The molecule has 2 heterocycles. The summed E-state index contributed by atoms with van der Waals surface area (Å²) in [6.07, 6.45) is 0. The molecule has 0 spiro atoms. The molecular weight excluding hydrogens is 369 g/mol. The number of carbonyl (C=O) groups is 1. The standard InChI is InChI=1S/C19H15ClFN5O/c1-11-17-24-25-18(13-4-2-3-5-14(13)20)26(17)16-10-12(6-7-15(16)23-11)19(27)22-9-8-21/h2-7,10H,8-9H2,1H3,(H,22,27). The van der Waals surface area contributed by atoms with Gasteiger partial charge in [-0.3, -0.25) is 9.20 Å². The van der Waals surface area contributed by atoms with E-state index in [1.54, 1.807) is 24.3 Å². The van der Waals surface area contributed by atoms with Crippen LogP contribution in [0, 0.1) is 6.92 Å². The minimum atomic E-state index is -0.619. The van der Waals surface area contributed by atoms with Crippen LogP contribution in [0.25, 0.3) is 28.1 Å². The van der Waals surface area contributed by atoms with Crippen LogP contribution in [-0.4, -0.2) is 38.7 Å². The number of aromatic nitrogens is 4. The summed E-state index contributed by atoms with van der Waals surface area (Å²) in [7, 11) is 0. The zero-order valence-corrected chi connectivity index (χ0v) is 15.2. The molecule has 0 bridgehead atoms. The van der Waals surface area contributed by atoms with Crippen molar-refractivity contribution >= 4 is 34.2 Å². The Labute approximate surface area is 159 Å². The maximum atomic E-state index is 12.4. The van der Waals surface area contributed by atoms with Crippen LogP contribution >= 0.6 is 11.6 Å². The Bertz CT molecular complexity index is 1170. The van der Waals surface area contributed by atoms with E-state index in [-0.39, 0.29) is 12.5 Å². The number of halogens is 2. The summed E-state index contributed by atoms with van der Waals surface area (Å²) in [5.74, 6) is 0.211. The predicted octanol–water partition coefficient (Wildman–Crippen LogP) is 3.61. The van der Waals surface area contributed by atoms with Crippen LogP contribution < -0.4 is 5.32 Å². The van der Waals surface area contributed by atoms with Gasteiger partial charge < -0.3 is 5.32 Å². The van der Waals surface area contributed by atoms with E-state index in [1.807, 2.05) is 29.5 Å². The lowest BCUT2D eigenvalue weighted by Gasteiger charge is -2.09. The van der Waals surface area contributed by atoms with Crippen LogP contribution in [0.15, 0.2) is 42.5 Å². The fraction of sp³-hybridized carbons (Fsp3) is 0.158. The molecule has 2 aromatic heterocycles. The highest BCUT2D eigenvalue weighted by atomic mass is 35.5. The molecule has 0 unspecified atom stereocenters. The molecule has 1 N–H and O–H groups in total. The number of amides is 1. The molecule has 0 aliphatic rings. The van der Waals surface area contributed by atoms with Gasteiger partial charge in [-0.2, -0.15) is 0 Å². The molecule has 0 radical (unpaired) electrons.